The minimum absolute atomic E-state index is 0.134. The van der Waals surface area contributed by atoms with E-state index in [1.54, 1.807) is 7.11 Å². The second-order valence-electron chi connectivity index (χ2n) is 4.66. The molecule has 2 rings (SSSR count). The number of carbonyl (C=O) groups excluding carboxylic acids is 1. The number of piperidine rings is 1. The lowest BCUT2D eigenvalue weighted by Crippen LogP contribution is -2.38. The molecule has 5 heteroatoms. The second kappa shape index (κ2) is 6.20. The maximum atomic E-state index is 12.2. The molecule has 0 radical (unpaired) electrons. The number of methoxy groups -OCH3 is 1. The first kappa shape index (κ1) is 13.4. The van der Waals surface area contributed by atoms with E-state index in [-0.39, 0.29) is 5.91 Å². The number of hydrogen-bond acceptors (Lipinski definition) is 4. The molecule has 2 N–H and O–H groups in total. The molecule has 1 amide bonds. The minimum atomic E-state index is 0.134. The van der Waals surface area contributed by atoms with E-state index < -0.39 is 0 Å². The van der Waals surface area contributed by atoms with Gasteiger partial charge >= 0.3 is 0 Å². The third kappa shape index (κ3) is 3.03. The van der Waals surface area contributed by atoms with E-state index in [1.165, 1.54) is 11.3 Å². The molecular weight excluding hydrogens is 248 g/mol. The van der Waals surface area contributed by atoms with Crippen molar-refractivity contribution < 1.29 is 9.53 Å². The molecule has 0 atom stereocenters. The lowest BCUT2D eigenvalue weighted by Gasteiger charge is -2.31. The summed E-state index contributed by atoms with van der Waals surface area (Å²) in [6.07, 6.45) is 3.23. The number of hydrogen-bond donors (Lipinski definition) is 1. The molecular formula is C13H20N2O2S. The monoisotopic (exact) mass is 268 g/mol. The van der Waals surface area contributed by atoms with Crippen LogP contribution in [0.5, 0.6) is 5.75 Å². The molecule has 1 fully saturated rings. The van der Waals surface area contributed by atoms with E-state index in [4.69, 9.17) is 10.5 Å². The number of ether oxygens (including phenoxy) is 1. The molecule has 1 saturated heterocycles. The zero-order chi connectivity index (χ0) is 13.0. The van der Waals surface area contributed by atoms with Gasteiger partial charge in [-0.05, 0) is 31.7 Å². The Morgan fingerprint density at radius 1 is 1.56 bits per heavy atom. The van der Waals surface area contributed by atoms with Gasteiger partial charge in [0.05, 0.1) is 12.0 Å². The van der Waals surface area contributed by atoms with Crippen molar-refractivity contribution in [1.82, 2.24) is 4.90 Å². The molecule has 0 bridgehead atoms. The minimum Gasteiger partial charge on any atom is -0.496 e. The summed E-state index contributed by atoms with van der Waals surface area (Å²) in [6.45, 7) is 2.45. The lowest BCUT2D eigenvalue weighted by atomic mass is 9.93. The summed E-state index contributed by atoms with van der Waals surface area (Å²) in [5, 5.41) is 1.87. The van der Waals surface area contributed by atoms with Crippen LogP contribution in [0.25, 0.3) is 0 Å². The fourth-order valence-electron chi connectivity index (χ4n) is 2.35. The van der Waals surface area contributed by atoms with Crippen molar-refractivity contribution in [2.75, 3.05) is 26.7 Å². The number of nitrogens with zero attached hydrogens (tertiary/aromatic N) is 1. The molecule has 0 aliphatic carbocycles. The Morgan fingerprint density at radius 2 is 2.28 bits per heavy atom. The first-order valence-corrected chi connectivity index (χ1v) is 7.24. The van der Waals surface area contributed by atoms with Crippen molar-refractivity contribution >= 4 is 17.2 Å². The van der Waals surface area contributed by atoms with Crippen LogP contribution in [-0.2, 0) is 0 Å². The van der Waals surface area contributed by atoms with Crippen LogP contribution in [0.2, 0.25) is 0 Å². The van der Waals surface area contributed by atoms with Crippen molar-refractivity contribution in [3.63, 3.8) is 0 Å². The SMILES string of the molecule is COc1csc(C(=O)N2CCC(CCN)CC2)c1. The average Bonchev–Trinajstić information content (AvgIpc) is 2.88. The highest BCUT2D eigenvalue weighted by Gasteiger charge is 2.24. The average molecular weight is 268 g/mol. The van der Waals surface area contributed by atoms with E-state index in [0.29, 0.717) is 5.92 Å². The Kier molecular flexibility index (Phi) is 4.60. The topological polar surface area (TPSA) is 55.6 Å². The smallest absolute Gasteiger partial charge is 0.264 e. The quantitative estimate of drug-likeness (QED) is 0.908. The number of likely N-dealkylation sites (tertiary alicyclic amines) is 1. The number of nitrogens with two attached hydrogens (primary N) is 1. The Hall–Kier alpha value is -1.07. The molecule has 2 heterocycles. The summed E-state index contributed by atoms with van der Waals surface area (Å²) in [7, 11) is 1.62. The first-order chi connectivity index (χ1) is 8.74. The van der Waals surface area contributed by atoms with Gasteiger partial charge in [0.1, 0.15) is 5.75 Å². The third-order valence-corrected chi connectivity index (χ3v) is 4.40. The number of carbonyl (C=O) groups is 1. The zero-order valence-corrected chi connectivity index (χ0v) is 11.5. The Morgan fingerprint density at radius 3 is 2.83 bits per heavy atom. The van der Waals surface area contributed by atoms with Crippen LogP contribution in [0, 0.1) is 5.92 Å². The van der Waals surface area contributed by atoms with E-state index >= 15 is 0 Å². The molecule has 0 saturated carbocycles. The van der Waals surface area contributed by atoms with Crippen molar-refractivity contribution in [3.8, 4) is 5.75 Å². The number of amides is 1. The summed E-state index contributed by atoms with van der Waals surface area (Å²) >= 11 is 1.45. The molecule has 0 aromatic carbocycles. The van der Waals surface area contributed by atoms with Gasteiger partial charge < -0.3 is 15.4 Å². The van der Waals surface area contributed by atoms with Crippen molar-refractivity contribution in [2.45, 2.75) is 19.3 Å². The Labute approximate surface area is 112 Å². The highest BCUT2D eigenvalue weighted by Crippen LogP contribution is 2.25. The van der Waals surface area contributed by atoms with Gasteiger partial charge in [0.25, 0.3) is 5.91 Å². The summed E-state index contributed by atoms with van der Waals surface area (Å²) in [5.41, 5.74) is 5.57. The van der Waals surface area contributed by atoms with Crippen molar-refractivity contribution in [3.05, 3.63) is 16.3 Å². The normalized spacial score (nSPS) is 16.9. The van der Waals surface area contributed by atoms with Crippen LogP contribution in [0.4, 0.5) is 0 Å². The predicted molar refractivity (Wildman–Crippen MR) is 73.2 cm³/mol. The first-order valence-electron chi connectivity index (χ1n) is 6.36. The highest BCUT2D eigenvalue weighted by molar-refractivity contribution is 7.12. The van der Waals surface area contributed by atoms with Gasteiger partial charge in [-0.1, -0.05) is 0 Å². The molecule has 1 aliphatic rings. The summed E-state index contributed by atoms with van der Waals surface area (Å²) in [6, 6.07) is 1.82. The molecule has 0 unspecified atom stereocenters. The fraction of sp³-hybridized carbons (Fsp3) is 0.615. The van der Waals surface area contributed by atoms with Gasteiger partial charge in [-0.3, -0.25) is 4.79 Å². The lowest BCUT2D eigenvalue weighted by molar-refractivity contribution is 0.0692. The molecule has 1 aliphatic heterocycles. The summed E-state index contributed by atoms with van der Waals surface area (Å²) in [4.78, 5) is 15.0. The predicted octanol–water partition coefficient (Wildman–Crippen LogP) is 1.96. The molecule has 0 spiro atoms. The largest absolute Gasteiger partial charge is 0.496 e. The van der Waals surface area contributed by atoms with Crippen molar-refractivity contribution in [2.24, 2.45) is 11.7 Å². The van der Waals surface area contributed by atoms with Gasteiger partial charge in [-0.2, -0.15) is 0 Å². The van der Waals surface area contributed by atoms with E-state index in [9.17, 15) is 4.79 Å². The molecule has 1 aromatic heterocycles. The molecule has 100 valence electrons. The van der Waals surface area contributed by atoms with Crippen LogP contribution >= 0.6 is 11.3 Å². The van der Waals surface area contributed by atoms with Gasteiger partial charge in [-0.25, -0.2) is 0 Å². The highest BCUT2D eigenvalue weighted by atomic mass is 32.1. The van der Waals surface area contributed by atoms with Crippen molar-refractivity contribution in [1.29, 1.82) is 0 Å². The molecule has 4 nitrogen and oxygen atoms in total. The van der Waals surface area contributed by atoms with E-state index in [0.717, 1.165) is 49.5 Å². The van der Waals surface area contributed by atoms with Crippen LogP contribution in [0.3, 0.4) is 0 Å². The van der Waals surface area contributed by atoms with E-state index in [2.05, 4.69) is 0 Å². The standard InChI is InChI=1S/C13H20N2O2S/c1-17-11-8-12(18-9-11)13(16)15-6-3-10(2-5-14)4-7-15/h8-10H,2-7,14H2,1H3. The van der Waals surface area contributed by atoms with Crippen LogP contribution in [0.1, 0.15) is 28.9 Å². The maximum Gasteiger partial charge on any atom is 0.264 e. The summed E-state index contributed by atoms with van der Waals surface area (Å²) < 4.78 is 5.11. The summed E-state index contributed by atoms with van der Waals surface area (Å²) in [5.74, 6) is 1.59. The molecule has 18 heavy (non-hydrogen) atoms. The maximum absolute atomic E-state index is 12.2. The zero-order valence-electron chi connectivity index (χ0n) is 10.7. The van der Waals surface area contributed by atoms with Crippen LogP contribution in [-0.4, -0.2) is 37.6 Å². The van der Waals surface area contributed by atoms with Gasteiger partial charge in [0, 0.05) is 24.5 Å². The van der Waals surface area contributed by atoms with Crippen LogP contribution in [0.15, 0.2) is 11.4 Å². The fourth-order valence-corrected chi connectivity index (χ4v) is 3.18. The van der Waals surface area contributed by atoms with Gasteiger partial charge in [0.15, 0.2) is 0 Å². The number of rotatable bonds is 4. The Bertz CT molecular complexity index is 397. The molecule has 1 aromatic rings. The third-order valence-electron chi connectivity index (χ3n) is 3.50. The number of thiophene rings is 1. The van der Waals surface area contributed by atoms with Crippen LogP contribution < -0.4 is 10.5 Å². The van der Waals surface area contributed by atoms with Gasteiger partial charge in [-0.15, -0.1) is 11.3 Å². The van der Waals surface area contributed by atoms with E-state index in [1.807, 2.05) is 16.3 Å². The Balaban J connectivity index is 1.91. The van der Waals surface area contributed by atoms with Gasteiger partial charge in [0.2, 0.25) is 0 Å². The second-order valence-corrected chi connectivity index (χ2v) is 5.57.